The molecule has 0 aliphatic carbocycles. The highest BCUT2D eigenvalue weighted by atomic mass is 35.5. The van der Waals surface area contributed by atoms with Gasteiger partial charge in [-0.1, -0.05) is 11.6 Å². The molecule has 0 fully saturated rings. The molecule has 0 spiro atoms. The van der Waals surface area contributed by atoms with Crippen LogP contribution in [0.4, 0.5) is 11.5 Å². The fourth-order valence-electron chi connectivity index (χ4n) is 1.93. The summed E-state index contributed by atoms with van der Waals surface area (Å²) in [5.41, 5.74) is 0.0831. The van der Waals surface area contributed by atoms with Crippen molar-refractivity contribution in [3.8, 4) is 0 Å². The molecule has 2 aromatic rings. The quantitative estimate of drug-likeness (QED) is 0.706. The summed E-state index contributed by atoms with van der Waals surface area (Å²) in [4.78, 5) is 7.57. The highest BCUT2D eigenvalue weighted by Gasteiger charge is 2.25. The number of rotatable bonds is 6. The Balaban J connectivity index is 2.65. The van der Waals surface area contributed by atoms with Gasteiger partial charge in [-0.3, -0.25) is 0 Å². The lowest BCUT2D eigenvalue weighted by molar-refractivity contribution is 0.584. The summed E-state index contributed by atoms with van der Waals surface area (Å²) in [5, 5.41) is 2.27. The first-order chi connectivity index (χ1) is 11.6. The summed E-state index contributed by atoms with van der Waals surface area (Å²) < 4.78 is 51.4. The summed E-state index contributed by atoms with van der Waals surface area (Å²) in [5.74, 6) is 0.235. The van der Waals surface area contributed by atoms with E-state index in [2.05, 4.69) is 20.0 Å². The molecule has 25 heavy (non-hydrogen) atoms. The maximum absolute atomic E-state index is 12.6. The lowest BCUT2D eigenvalue weighted by Gasteiger charge is -2.15. The predicted octanol–water partition coefficient (Wildman–Crippen LogP) is 1.96. The van der Waals surface area contributed by atoms with Crippen molar-refractivity contribution in [2.75, 3.05) is 12.4 Å². The van der Waals surface area contributed by atoms with Gasteiger partial charge in [0.25, 0.3) is 0 Å². The third kappa shape index (κ3) is 4.27. The molecular weight excluding hydrogens is 388 g/mol. The lowest BCUT2D eigenvalue weighted by atomic mass is 10.3. The van der Waals surface area contributed by atoms with E-state index in [4.69, 9.17) is 11.6 Å². The third-order valence-electron chi connectivity index (χ3n) is 3.35. The minimum absolute atomic E-state index is 0.0349. The summed E-state index contributed by atoms with van der Waals surface area (Å²) >= 11 is 5.80. The van der Waals surface area contributed by atoms with Gasteiger partial charge in [-0.15, -0.1) is 0 Å². The van der Waals surface area contributed by atoms with Gasteiger partial charge in [0.15, 0.2) is 9.84 Å². The molecule has 0 bridgehead atoms. The SMILES string of the molecule is CNS(=O)(=O)c1ccc(S(=O)(=O)C(C)C)c(Nc2cc(Cl)ncn2)c1. The topological polar surface area (TPSA) is 118 Å². The summed E-state index contributed by atoms with van der Waals surface area (Å²) in [6.45, 7) is 3.08. The van der Waals surface area contributed by atoms with Crippen LogP contribution in [-0.4, -0.2) is 39.1 Å². The van der Waals surface area contributed by atoms with Crippen LogP contribution < -0.4 is 10.0 Å². The van der Waals surface area contributed by atoms with Crippen LogP contribution in [0.1, 0.15) is 13.8 Å². The summed E-state index contributed by atoms with van der Waals surface area (Å²) in [6.07, 6.45) is 1.20. The fraction of sp³-hybridized carbons (Fsp3) is 0.286. The number of hydrogen-bond acceptors (Lipinski definition) is 7. The van der Waals surface area contributed by atoms with E-state index < -0.39 is 25.1 Å². The van der Waals surface area contributed by atoms with Crippen molar-refractivity contribution in [2.24, 2.45) is 0 Å². The smallest absolute Gasteiger partial charge is 0.240 e. The first-order valence-corrected chi connectivity index (χ1v) is 10.5. The van der Waals surface area contributed by atoms with Crippen LogP contribution in [0.15, 0.2) is 40.4 Å². The number of aromatic nitrogens is 2. The molecule has 1 heterocycles. The minimum Gasteiger partial charge on any atom is -0.339 e. The second-order valence-electron chi connectivity index (χ2n) is 5.31. The van der Waals surface area contributed by atoms with Gasteiger partial charge in [-0.25, -0.2) is 31.5 Å². The number of nitrogens with one attached hydrogen (secondary N) is 2. The van der Waals surface area contributed by atoms with Crippen molar-refractivity contribution in [3.63, 3.8) is 0 Å². The molecule has 136 valence electrons. The second-order valence-corrected chi connectivity index (χ2v) is 10.1. The zero-order valence-electron chi connectivity index (χ0n) is 13.7. The molecule has 0 saturated carbocycles. The Hall–Kier alpha value is -1.75. The molecule has 0 radical (unpaired) electrons. The number of sulfonamides is 1. The number of hydrogen-bond donors (Lipinski definition) is 2. The zero-order valence-corrected chi connectivity index (χ0v) is 16.1. The Morgan fingerprint density at radius 2 is 1.76 bits per heavy atom. The maximum atomic E-state index is 12.6. The van der Waals surface area contributed by atoms with E-state index in [0.717, 1.165) is 0 Å². The Morgan fingerprint density at radius 1 is 1.08 bits per heavy atom. The monoisotopic (exact) mass is 404 g/mol. The number of benzene rings is 1. The molecule has 0 amide bonds. The first-order valence-electron chi connectivity index (χ1n) is 7.14. The molecule has 11 heteroatoms. The van der Waals surface area contributed by atoms with Gasteiger partial charge in [0.1, 0.15) is 17.3 Å². The molecule has 0 aliphatic heterocycles. The maximum Gasteiger partial charge on any atom is 0.240 e. The molecule has 8 nitrogen and oxygen atoms in total. The first kappa shape index (κ1) is 19.6. The van der Waals surface area contributed by atoms with Crippen molar-refractivity contribution >= 4 is 43.0 Å². The van der Waals surface area contributed by atoms with Crippen LogP contribution in [-0.2, 0) is 19.9 Å². The Kier molecular flexibility index (Phi) is 5.67. The van der Waals surface area contributed by atoms with E-state index in [0.29, 0.717) is 0 Å². The van der Waals surface area contributed by atoms with Crippen LogP contribution in [0.25, 0.3) is 0 Å². The molecule has 1 aromatic carbocycles. The standard InChI is InChI=1S/C14H17ClN4O4S2/c1-9(2)24(20,21)12-5-4-10(25(22,23)16-3)6-11(12)19-14-7-13(15)17-8-18-14/h4-9,16H,1-3H3,(H,17,18,19). The normalized spacial score (nSPS) is 12.4. The zero-order chi connectivity index (χ0) is 18.8. The minimum atomic E-state index is -3.75. The molecule has 0 atom stereocenters. The van der Waals surface area contributed by atoms with E-state index in [9.17, 15) is 16.8 Å². The van der Waals surface area contributed by atoms with E-state index >= 15 is 0 Å². The van der Waals surface area contributed by atoms with E-state index in [1.54, 1.807) is 13.8 Å². The van der Waals surface area contributed by atoms with Crippen molar-refractivity contribution < 1.29 is 16.8 Å². The van der Waals surface area contributed by atoms with Crippen molar-refractivity contribution in [1.82, 2.24) is 14.7 Å². The molecule has 0 saturated heterocycles. The average molecular weight is 405 g/mol. The van der Waals surface area contributed by atoms with E-state index in [1.807, 2.05) is 0 Å². The van der Waals surface area contributed by atoms with Crippen LogP contribution >= 0.6 is 11.6 Å². The van der Waals surface area contributed by atoms with Gasteiger partial charge in [-0.05, 0) is 39.1 Å². The summed E-state index contributed by atoms with van der Waals surface area (Å²) in [7, 11) is -6.14. The average Bonchev–Trinajstić information content (AvgIpc) is 2.54. The molecule has 0 aliphatic rings. The van der Waals surface area contributed by atoms with Crippen LogP contribution in [0.5, 0.6) is 0 Å². The van der Waals surface area contributed by atoms with Crippen molar-refractivity contribution in [1.29, 1.82) is 0 Å². The number of anilines is 2. The third-order valence-corrected chi connectivity index (χ3v) is 7.18. The molecule has 0 unspecified atom stereocenters. The Bertz CT molecular complexity index is 992. The van der Waals surface area contributed by atoms with Crippen LogP contribution in [0.2, 0.25) is 5.15 Å². The van der Waals surface area contributed by atoms with Gasteiger partial charge >= 0.3 is 0 Å². The van der Waals surface area contributed by atoms with Crippen molar-refractivity contribution in [2.45, 2.75) is 28.9 Å². The van der Waals surface area contributed by atoms with E-state index in [1.165, 1.54) is 37.6 Å². The largest absolute Gasteiger partial charge is 0.339 e. The van der Waals surface area contributed by atoms with Crippen molar-refractivity contribution in [3.05, 3.63) is 35.7 Å². The molecule has 2 N–H and O–H groups in total. The molecular formula is C14H17ClN4O4S2. The number of sulfone groups is 1. The second kappa shape index (κ2) is 7.24. The Labute approximate surface area is 151 Å². The highest BCUT2D eigenvalue weighted by molar-refractivity contribution is 7.92. The predicted molar refractivity (Wildman–Crippen MR) is 95.3 cm³/mol. The van der Waals surface area contributed by atoms with Gasteiger partial charge in [-0.2, -0.15) is 0 Å². The highest BCUT2D eigenvalue weighted by Crippen LogP contribution is 2.30. The number of nitrogens with zero attached hydrogens (tertiary/aromatic N) is 2. The molecule has 1 aromatic heterocycles. The number of halogens is 1. The van der Waals surface area contributed by atoms with Gasteiger partial charge in [0, 0.05) is 6.07 Å². The van der Waals surface area contributed by atoms with Gasteiger partial charge < -0.3 is 5.32 Å². The lowest BCUT2D eigenvalue weighted by Crippen LogP contribution is -2.20. The van der Waals surface area contributed by atoms with Gasteiger partial charge in [0.05, 0.1) is 20.7 Å². The Morgan fingerprint density at radius 3 is 2.32 bits per heavy atom. The van der Waals surface area contributed by atoms with Crippen LogP contribution in [0.3, 0.4) is 0 Å². The summed E-state index contributed by atoms with van der Waals surface area (Å²) in [6, 6.07) is 5.12. The van der Waals surface area contributed by atoms with E-state index in [-0.39, 0.29) is 26.4 Å². The fourth-order valence-corrected chi connectivity index (χ4v) is 4.02. The van der Waals surface area contributed by atoms with Crippen LogP contribution in [0, 0.1) is 0 Å². The molecule has 2 rings (SSSR count). The van der Waals surface area contributed by atoms with Gasteiger partial charge in [0.2, 0.25) is 10.0 Å².